The fraction of sp³-hybridized carbons (Fsp3) is 0.667. The van der Waals surface area contributed by atoms with Crippen molar-refractivity contribution in [3.63, 3.8) is 0 Å². The maximum Gasteiger partial charge on any atom is 0.191 e. The van der Waals surface area contributed by atoms with Crippen LogP contribution in [-0.2, 0) is 11.3 Å². The summed E-state index contributed by atoms with van der Waals surface area (Å²) in [6.07, 6.45) is 6.99. The van der Waals surface area contributed by atoms with E-state index in [-0.39, 0.29) is 0 Å². The molecule has 132 valence electrons. The van der Waals surface area contributed by atoms with E-state index in [4.69, 9.17) is 9.73 Å². The highest BCUT2D eigenvalue weighted by molar-refractivity contribution is 5.80. The Morgan fingerprint density at radius 2 is 2.12 bits per heavy atom. The van der Waals surface area contributed by atoms with Gasteiger partial charge in [-0.05, 0) is 25.8 Å². The first kappa shape index (κ1) is 17.0. The van der Waals surface area contributed by atoms with E-state index < -0.39 is 0 Å². The lowest BCUT2D eigenvalue weighted by Crippen LogP contribution is -2.42. The molecule has 1 aromatic heterocycles. The molecular weight excluding hydrogens is 302 g/mol. The van der Waals surface area contributed by atoms with Gasteiger partial charge in [-0.1, -0.05) is 18.9 Å². The maximum atomic E-state index is 5.45. The average molecular weight is 331 g/mol. The highest BCUT2D eigenvalue weighted by Gasteiger charge is 2.17. The molecule has 2 aliphatic rings. The van der Waals surface area contributed by atoms with Crippen LogP contribution in [0.25, 0.3) is 0 Å². The first-order valence-electron chi connectivity index (χ1n) is 9.18. The fourth-order valence-corrected chi connectivity index (χ4v) is 3.36. The van der Waals surface area contributed by atoms with Crippen LogP contribution in [0.2, 0.25) is 0 Å². The predicted octanol–water partition coefficient (Wildman–Crippen LogP) is 1.92. The third-order valence-electron chi connectivity index (χ3n) is 4.63. The van der Waals surface area contributed by atoms with E-state index in [2.05, 4.69) is 33.5 Å². The second-order valence-corrected chi connectivity index (χ2v) is 6.41. The molecule has 1 aromatic rings. The van der Waals surface area contributed by atoms with Gasteiger partial charge in [0.25, 0.3) is 0 Å². The number of anilines is 1. The first-order valence-corrected chi connectivity index (χ1v) is 9.18. The zero-order chi connectivity index (χ0) is 16.6. The van der Waals surface area contributed by atoms with Crippen molar-refractivity contribution in [1.82, 2.24) is 15.6 Å². The molecule has 24 heavy (non-hydrogen) atoms. The van der Waals surface area contributed by atoms with Gasteiger partial charge in [-0.25, -0.2) is 9.98 Å². The van der Waals surface area contributed by atoms with Crippen LogP contribution < -0.4 is 15.5 Å². The van der Waals surface area contributed by atoms with E-state index >= 15 is 0 Å². The molecule has 2 fully saturated rings. The van der Waals surface area contributed by atoms with E-state index in [1.807, 2.05) is 12.3 Å². The molecule has 1 aliphatic carbocycles. The molecule has 2 N–H and O–H groups in total. The molecule has 0 atom stereocenters. The van der Waals surface area contributed by atoms with Crippen LogP contribution in [0.5, 0.6) is 0 Å². The van der Waals surface area contributed by atoms with Crippen molar-refractivity contribution < 1.29 is 4.74 Å². The number of guanidine groups is 1. The standard InChI is InChI=1S/C18H29N5O/c1-2-19-18(22-16-7-3-4-8-16)21-14-15-6-5-9-20-17(15)23-10-12-24-13-11-23/h5-6,9,16H,2-4,7-8,10-14H2,1H3,(H2,19,21,22). The molecule has 2 heterocycles. The van der Waals surface area contributed by atoms with Gasteiger partial charge in [0, 0.05) is 37.4 Å². The number of nitrogens with zero attached hydrogens (tertiary/aromatic N) is 3. The molecular formula is C18H29N5O. The van der Waals surface area contributed by atoms with Crippen LogP contribution >= 0.6 is 0 Å². The zero-order valence-electron chi connectivity index (χ0n) is 14.6. The molecule has 3 rings (SSSR count). The van der Waals surface area contributed by atoms with Crippen LogP contribution in [0.4, 0.5) is 5.82 Å². The molecule has 1 saturated heterocycles. The number of pyridine rings is 1. The monoisotopic (exact) mass is 331 g/mol. The second kappa shape index (κ2) is 8.87. The van der Waals surface area contributed by atoms with Crippen LogP contribution in [0, 0.1) is 0 Å². The number of hydrogen-bond acceptors (Lipinski definition) is 4. The van der Waals surface area contributed by atoms with Crippen LogP contribution in [0.1, 0.15) is 38.2 Å². The summed E-state index contributed by atoms with van der Waals surface area (Å²) >= 11 is 0. The summed E-state index contributed by atoms with van der Waals surface area (Å²) in [6, 6.07) is 4.68. The van der Waals surface area contributed by atoms with E-state index in [1.54, 1.807) is 0 Å². The van der Waals surface area contributed by atoms with Gasteiger partial charge in [0.15, 0.2) is 5.96 Å². The molecule has 1 aliphatic heterocycles. The molecule has 6 heteroatoms. The summed E-state index contributed by atoms with van der Waals surface area (Å²) in [7, 11) is 0. The van der Waals surface area contributed by atoms with Gasteiger partial charge in [0.1, 0.15) is 5.82 Å². The predicted molar refractivity (Wildman–Crippen MR) is 97.5 cm³/mol. The number of hydrogen-bond donors (Lipinski definition) is 2. The molecule has 6 nitrogen and oxygen atoms in total. The van der Waals surface area contributed by atoms with Crippen molar-refractivity contribution in [1.29, 1.82) is 0 Å². The number of morpholine rings is 1. The minimum atomic E-state index is 0.565. The third-order valence-corrected chi connectivity index (χ3v) is 4.63. The minimum absolute atomic E-state index is 0.565. The van der Waals surface area contributed by atoms with E-state index in [9.17, 15) is 0 Å². The maximum absolute atomic E-state index is 5.45. The molecule has 0 spiro atoms. The topological polar surface area (TPSA) is 61.8 Å². The summed E-state index contributed by atoms with van der Waals surface area (Å²) in [5.41, 5.74) is 1.17. The quantitative estimate of drug-likeness (QED) is 0.637. The van der Waals surface area contributed by atoms with Crippen LogP contribution in [-0.4, -0.2) is 49.8 Å². The Kier molecular flexibility index (Phi) is 6.29. The van der Waals surface area contributed by atoms with Gasteiger partial charge >= 0.3 is 0 Å². The Labute approximate surface area is 144 Å². The van der Waals surface area contributed by atoms with Gasteiger partial charge in [-0.15, -0.1) is 0 Å². The average Bonchev–Trinajstić information content (AvgIpc) is 3.14. The molecule has 0 bridgehead atoms. The number of aliphatic imine (C=N–C) groups is 1. The minimum Gasteiger partial charge on any atom is -0.378 e. The van der Waals surface area contributed by atoms with Crippen molar-refractivity contribution in [2.75, 3.05) is 37.7 Å². The lowest BCUT2D eigenvalue weighted by Gasteiger charge is -2.29. The van der Waals surface area contributed by atoms with Crippen molar-refractivity contribution in [3.05, 3.63) is 23.9 Å². The lowest BCUT2D eigenvalue weighted by molar-refractivity contribution is 0.122. The van der Waals surface area contributed by atoms with Gasteiger partial charge in [0.2, 0.25) is 0 Å². The van der Waals surface area contributed by atoms with Crippen molar-refractivity contribution in [2.45, 2.75) is 45.2 Å². The highest BCUT2D eigenvalue weighted by Crippen LogP contribution is 2.20. The van der Waals surface area contributed by atoms with Crippen molar-refractivity contribution in [2.24, 2.45) is 4.99 Å². The Balaban J connectivity index is 1.68. The van der Waals surface area contributed by atoms with Crippen LogP contribution in [0.3, 0.4) is 0 Å². The fourth-order valence-electron chi connectivity index (χ4n) is 3.36. The summed E-state index contributed by atoms with van der Waals surface area (Å²) < 4.78 is 5.45. The molecule has 0 unspecified atom stereocenters. The smallest absolute Gasteiger partial charge is 0.191 e. The molecule has 0 aromatic carbocycles. The second-order valence-electron chi connectivity index (χ2n) is 6.41. The first-order chi connectivity index (χ1) is 11.9. The summed E-state index contributed by atoms with van der Waals surface area (Å²) in [4.78, 5) is 11.7. The Hall–Kier alpha value is -1.82. The molecule has 1 saturated carbocycles. The SMILES string of the molecule is CCNC(=NCc1cccnc1N1CCOCC1)NC1CCCC1. The Morgan fingerprint density at radius 3 is 2.88 bits per heavy atom. The zero-order valence-corrected chi connectivity index (χ0v) is 14.6. The summed E-state index contributed by atoms with van der Waals surface area (Å²) in [6.45, 7) is 6.96. The Bertz CT molecular complexity index is 536. The van der Waals surface area contributed by atoms with Crippen molar-refractivity contribution >= 4 is 11.8 Å². The lowest BCUT2D eigenvalue weighted by atomic mass is 10.2. The molecule has 0 amide bonds. The number of aromatic nitrogens is 1. The van der Waals surface area contributed by atoms with Gasteiger partial charge in [0.05, 0.1) is 19.8 Å². The summed E-state index contributed by atoms with van der Waals surface area (Å²) in [5, 5.41) is 6.93. The van der Waals surface area contributed by atoms with Crippen molar-refractivity contribution in [3.8, 4) is 0 Å². The van der Waals surface area contributed by atoms with Gasteiger partial charge < -0.3 is 20.3 Å². The van der Waals surface area contributed by atoms with E-state index in [0.29, 0.717) is 12.6 Å². The number of nitrogens with one attached hydrogen (secondary N) is 2. The largest absolute Gasteiger partial charge is 0.378 e. The highest BCUT2D eigenvalue weighted by atomic mass is 16.5. The van der Waals surface area contributed by atoms with Gasteiger partial charge in [-0.2, -0.15) is 0 Å². The van der Waals surface area contributed by atoms with E-state index in [0.717, 1.165) is 44.6 Å². The molecule has 0 radical (unpaired) electrons. The summed E-state index contributed by atoms with van der Waals surface area (Å²) in [5.74, 6) is 1.96. The Morgan fingerprint density at radius 1 is 1.33 bits per heavy atom. The normalized spacial score (nSPS) is 19.5. The van der Waals surface area contributed by atoms with Gasteiger partial charge in [-0.3, -0.25) is 0 Å². The van der Waals surface area contributed by atoms with Crippen LogP contribution in [0.15, 0.2) is 23.3 Å². The third kappa shape index (κ3) is 4.60. The number of rotatable bonds is 5. The van der Waals surface area contributed by atoms with E-state index in [1.165, 1.54) is 31.2 Å². The number of ether oxygens (including phenoxy) is 1.